The second-order valence-electron chi connectivity index (χ2n) is 3.08. The number of carboxylic acids is 1. The number of rotatable bonds is 5. The van der Waals surface area contributed by atoms with Gasteiger partial charge in [-0.25, -0.2) is 9.59 Å². The summed E-state index contributed by atoms with van der Waals surface area (Å²) in [6.07, 6.45) is 0.357. The van der Waals surface area contributed by atoms with Crippen LogP contribution in [0.1, 0.15) is 20.3 Å². The number of nitrogens with one attached hydrogen (secondary N) is 2. The van der Waals surface area contributed by atoms with Crippen molar-refractivity contribution in [3.05, 3.63) is 12.2 Å². The molecule has 0 bridgehead atoms. The molecule has 5 heteroatoms. The molecule has 0 aliphatic heterocycles. The Hall–Kier alpha value is -1.52. The highest BCUT2D eigenvalue weighted by Gasteiger charge is 2.16. The quantitative estimate of drug-likeness (QED) is 0.572. The highest BCUT2D eigenvalue weighted by atomic mass is 16.4. The van der Waals surface area contributed by atoms with E-state index in [-0.39, 0.29) is 0 Å². The minimum atomic E-state index is -1.03. The van der Waals surface area contributed by atoms with Crippen LogP contribution >= 0.6 is 0 Å². The molecule has 0 aliphatic carbocycles. The highest BCUT2D eigenvalue weighted by molar-refractivity contribution is 5.82. The largest absolute Gasteiger partial charge is 0.480 e. The van der Waals surface area contributed by atoms with Crippen molar-refractivity contribution in [2.75, 3.05) is 6.54 Å². The lowest BCUT2D eigenvalue weighted by molar-refractivity contribution is -0.139. The highest BCUT2D eigenvalue weighted by Crippen LogP contribution is 1.90. The van der Waals surface area contributed by atoms with E-state index >= 15 is 0 Å². The smallest absolute Gasteiger partial charge is 0.326 e. The van der Waals surface area contributed by atoms with Gasteiger partial charge in [-0.1, -0.05) is 19.1 Å². The van der Waals surface area contributed by atoms with Crippen molar-refractivity contribution >= 4 is 12.0 Å². The van der Waals surface area contributed by atoms with Crippen molar-refractivity contribution in [3.8, 4) is 0 Å². The summed E-state index contributed by atoms with van der Waals surface area (Å²) >= 11 is 0. The zero-order valence-electron chi connectivity index (χ0n) is 8.46. The van der Waals surface area contributed by atoms with Crippen molar-refractivity contribution < 1.29 is 14.7 Å². The SMILES string of the molecule is C=C(C)CNC(=O)NC(CC)C(=O)O. The van der Waals surface area contributed by atoms with E-state index in [1.54, 1.807) is 13.8 Å². The number of carbonyl (C=O) groups excluding carboxylic acids is 1. The Morgan fingerprint density at radius 1 is 1.50 bits per heavy atom. The molecule has 0 rings (SSSR count). The van der Waals surface area contributed by atoms with E-state index in [1.165, 1.54) is 0 Å². The molecule has 14 heavy (non-hydrogen) atoms. The average molecular weight is 200 g/mol. The molecule has 2 amide bonds. The van der Waals surface area contributed by atoms with Gasteiger partial charge in [-0.3, -0.25) is 0 Å². The van der Waals surface area contributed by atoms with Gasteiger partial charge in [0.05, 0.1) is 0 Å². The predicted octanol–water partition coefficient (Wildman–Crippen LogP) is 0.725. The van der Waals surface area contributed by atoms with Crippen molar-refractivity contribution in [2.24, 2.45) is 0 Å². The van der Waals surface area contributed by atoms with E-state index in [2.05, 4.69) is 17.2 Å². The molecule has 0 aliphatic rings. The third kappa shape index (κ3) is 5.18. The van der Waals surface area contributed by atoms with Gasteiger partial charge in [-0.15, -0.1) is 0 Å². The summed E-state index contributed by atoms with van der Waals surface area (Å²) in [4.78, 5) is 21.6. The summed E-state index contributed by atoms with van der Waals surface area (Å²) < 4.78 is 0. The van der Waals surface area contributed by atoms with Gasteiger partial charge in [0.15, 0.2) is 0 Å². The maximum Gasteiger partial charge on any atom is 0.326 e. The van der Waals surface area contributed by atoms with Gasteiger partial charge >= 0.3 is 12.0 Å². The molecule has 0 radical (unpaired) electrons. The molecule has 0 spiro atoms. The summed E-state index contributed by atoms with van der Waals surface area (Å²) in [5.41, 5.74) is 0.809. The Balaban J connectivity index is 3.91. The van der Waals surface area contributed by atoms with Crippen molar-refractivity contribution in [1.82, 2.24) is 10.6 Å². The zero-order valence-corrected chi connectivity index (χ0v) is 8.46. The third-order valence-corrected chi connectivity index (χ3v) is 1.56. The molecule has 0 heterocycles. The predicted molar refractivity (Wildman–Crippen MR) is 53.1 cm³/mol. The summed E-state index contributed by atoms with van der Waals surface area (Å²) in [5, 5.41) is 13.5. The first-order valence-electron chi connectivity index (χ1n) is 4.39. The van der Waals surface area contributed by atoms with E-state index in [9.17, 15) is 9.59 Å². The van der Waals surface area contributed by atoms with Gasteiger partial charge in [-0.05, 0) is 13.3 Å². The molecular weight excluding hydrogens is 184 g/mol. The molecule has 1 atom stereocenters. The van der Waals surface area contributed by atoms with E-state index < -0.39 is 18.0 Å². The van der Waals surface area contributed by atoms with Crippen molar-refractivity contribution in [1.29, 1.82) is 0 Å². The van der Waals surface area contributed by atoms with Crippen LogP contribution in [-0.4, -0.2) is 29.7 Å². The number of carboxylic acid groups (broad SMARTS) is 1. The van der Waals surface area contributed by atoms with Gasteiger partial charge in [-0.2, -0.15) is 0 Å². The maximum absolute atomic E-state index is 11.1. The molecular formula is C9H16N2O3. The van der Waals surface area contributed by atoms with Crippen LogP contribution in [0.2, 0.25) is 0 Å². The third-order valence-electron chi connectivity index (χ3n) is 1.56. The van der Waals surface area contributed by atoms with Gasteiger partial charge in [0, 0.05) is 6.54 Å². The first kappa shape index (κ1) is 12.5. The number of amides is 2. The maximum atomic E-state index is 11.1. The van der Waals surface area contributed by atoms with Crippen LogP contribution in [0.3, 0.4) is 0 Å². The fraction of sp³-hybridized carbons (Fsp3) is 0.556. The number of urea groups is 1. The second kappa shape index (κ2) is 6.01. The first-order chi connectivity index (χ1) is 6.47. The lowest BCUT2D eigenvalue weighted by atomic mass is 10.2. The van der Waals surface area contributed by atoms with Gasteiger partial charge in [0.1, 0.15) is 6.04 Å². The van der Waals surface area contributed by atoms with Crippen LogP contribution in [0.4, 0.5) is 4.79 Å². The van der Waals surface area contributed by atoms with E-state index in [0.717, 1.165) is 5.57 Å². The Kier molecular flexibility index (Phi) is 5.36. The van der Waals surface area contributed by atoms with Crippen molar-refractivity contribution in [3.63, 3.8) is 0 Å². The molecule has 80 valence electrons. The molecule has 3 N–H and O–H groups in total. The van der Waals surface area contributed by atoms with Crippen LogP contribution in [0.15, 0.2) is 12.2 Å². The summed E-state index contributed by atoms with van der Waals surface area (Å²) in [6, 6.07) is -1.32. The van der Waals surface area contributed by atoms with Crippen LogP contribution in [0, 0.1) is 0 Å². The Bertz CT molecular complexity index is 238. The summed E-state index contributed by atoms with van der Waals surface area (Å²) in [5.74, 6) is -1.03. The monoisotopic (exact) mass is 200 g/mol. The lowest BCUT2D eigenvalue weighted by Gasteiger charge is -2.12. The van der Waals surface area contributed by atoms with Crippen LogP contribution < -0.4 is 10.6 Å². The van der Waals surface area contributed by atoms with Crippen LogP contribution in [0.5, 0.6) is 0 Å². The standard InChI is InChI=1S/C9H16N2O3/c1-4-7(8(12)13)11-9(14)10-5-6(2)3/h7H,2,4-5H2,1,3H3,(H,12,13)(H2,10,11,14). The Labute approximate surface area is 83.2 Å². The Morgan fingerprint density at radius 2 is 2.07 bits per heavy atom. The molecule has 0 fully saturated rings. The minimum absolute atomic E-state index is 0.349. The van der Waals surface area contributed by atoms with Crippen LogP contribution in [-0.2, 0) is 4.79 Å². The molecule has 0 aromatic heterocycles. The molecule has 0 aromatic rings. The average Bonchev–Trinajstić information content (AvgIpc) is 2.10. The normalized spacial score (nSPS) is 11.6. The zero-order chi connectivity index (χ0) is 11.1. The number of aliphatic carboxylic acids is 1. The topological polar surface area (TPSA) is 78.4 Å². The number of hydrogen-bond acceptors (Lipinski definition) is 2. The van der Waals surface area contributed by atoms with Gasteiger partial charge in [0.25, 0.3) is 0 Å². The molecule has 0 saturated carbocycles. The second-order valence-corrected chi connectivity index (χ2v) is 3.08. The van der Waals surface area contributed by atoms with Crippen molar-refractivity contribution in [2.45, 2.75) is 26.3 Å². The fourth-order valence-electron chi connectivity index (χ4n) is 0.779. The van der Waals surface area contributed by atoms with E-state index in [1.807, 2.05) is 0 Å². The van der Waals surface area contributed by atoms with E-state index in [0.29, 0.717) is 13.0 Å². The summed E-state index contributed by atoms with van der Waals surface area (Å²) in [7, 11) is 0. The van der Waals surface area contributed by atoms with Crippen LogP contribution in [0.25, 0.3) is 0 Å². The van der Waals surface area contributed by atoms with E-state index in [4.69, 9.17) is 5.11 Å². The van der Waals surface area contributed by atoms with Gasteiger partial charge in [0.2, 0.25) is 0 Å². The number of carbonyl (C=O) groups is 2. The van der Waals surface area contributed by atoms with Gasteiger partial charge < -0.3 is 15.7 Å². The number of hydrogen-bond donors (Lipinski definition) is 3. The molecule has 5 nitrogen and oxygen atoms in total. The lowest BCUT2D eigenvalue weighted by Crippen LogP contribution is -2.45. The summed E-state index contributed by atoms with van der Waals surface area (Å²) in [6.45, 7) is 7.42. The molecule has 0 aromatic carbocycles. The molecule has 1 unspecified atom stereocenters. The Morgan fingerprint density at radius 3 is 2.43 bits per heavy atom. The fourth-order valence-corrected chi connectivity index (χ4v) is 0.779. The molecule has 0 saturated heterocycles. The minimum Gasteiger partial charge on any atom is -0.480 e. The first-order valence-corrected chi connectivity index (χ1v) is 4.39.